The van der Waals surface area contributed by atoms with Gasteiger partial charge in [-0.25, -0.2) is 4.79 Å². The zero-order valence-electron chi connectivity index (χ0n) is 12.7. The van der Waals surface area contributed by atoms with E-state index in [1.165, 1.54) is 0 Å². The second-order valence-corrected chi connectivity index (χ2v) is 5.67. The number of rotatable bonds is 2. The summed E-state index contributed by atoms with van der Waals surface area (Å²) in [5, 5.41) is 24.5. The smallest absolute Gasteiger partial charge is 0.352 e. The number of H-pyrrole nitrogens is 1. The Bertz CT molecular complexity index is 1160. The number of hydrogen-bond donors (Lipinski definition) is 2. The van der Waals surface area contributed by atoms with Crippen LogP contribution in [0.15, 0.2) is 42.6 Å². The third kappa shape index (κ3) is 2.11. The summed E-state index contributed by atoms with van der Waals surface area (Å²) in [5.74, 6) is -0.994. The van der Waals surface area contributed by atoms with Crippen LogP contribution in [0.5, 0.6) is 0 Å². The van der Waals surface area contributed by atoms with E-state index in [0.29, 0.717) is 5.56 Å². The van der Waals surface area contributed by atoms with E-state index >= 15 is 0 Å². The number of benzene rings is 2. The van der Waals surface area contributed by atoms with Crippen LogP contribution in [0.2, 0.25) is 0 Å². The lowest BCUT2D eigenvalue weighted by Gasteiger charge is -2.04. The number of hydrogen-bond acceptors (Lipinski definition) is 3. The van der Waals surface area contributed by atoms with Crippen LogP contribution in [-0.2, 0) is 7.05 Å². The highest BCUT2D eigenvalue weighted by Gasteiger charge is 2.12. The Morgan fingerprint density at radius 2 is 2.08 bits per heavy atom. The number of carbonyl (C=O) groups is 1. The number of carboxylic acids is 1. The van der Waals surface area contributed by atoms with E-state index in [0.717, 1.165) is 32.9 Å². The summed E-state index contributed by atoms with van der Waals surface area (Å²) in [6, 6.07) is 13.0. The molecule has 4 aromatic rings. The lowest BCUT2D eigenvalue weighted by atomic mass is 9.99. The quantitative estimate of drug-likeness (QED) is 0.593. The zero-order chi connectivity index (χ0) is 16.8. The number of fused-ring (bicyclic) bond motifs is 2. The Hall–Kier alpha value is -3.59. The predicted octanol–water partition coefficient (Wildman–Crippen LogP) is 3.29. The Morgan fingerprint density at radius 1 is 1.25 bits per heavy atom. The number of aromatic nitrogens is 3. The monoisotopic (exact) mass is 316 g/mol. The van der Waals surface area contributed by atoms with Crippen LogP contribution in [0.4, 0.5) is 0 Å². The molecule has 0 aliphatic carbocycles. The Labute approximate surface area is 136 Å². The molecular weight excluding hydrogens is 304 g/mol. The molecule has 0 aliphatic rings. The van der Waals surface area contributed by atoms with E-state index in [1.54, 1.807) is 16.8 Å². The third-order valence-electron chi connectivity index (χ3n) is 4.01. The highest BCUT2D eigenvalue weighted by molar-refractivity contribution is 5.99. The molecule has 0 bridgehead atoms. The molecule has 2 N–H and O–H groups in total. The average Bonchev–Trinajstić information content (AvgIpc) is 3.15. The van der Waals surface area contributed by atoms with Crippen molar-refractivity contribution in [2.24, 2.45) is 7.05 Å². The maximum atomic E-state index is 11.1. The molecule has 0 saturated heterocycles. The molecule has 2 heterocycles. The van der Waals surface area contributed by atoms with Crippen LogP contribution in [0.25, 0.3) is 32.9 Å². The van der Waals surface area contributed by atoms with E-state index in [9.17, 15) is 10.1 Å². The Kier molecular flexibility index (Phi) is 2.90. The number of aromatic carboxylic acids is 1. The van der Waals surface area contributed by atoms with Gasteiger partial charge in [0.25, 0.3) is 0 Å². The van der Waals surface area contributed by atoms with Gasteiger partial charge in [-0.15, -0.1) is 0 Å². The molecule has 0 saturated carbocycles. The van der Waals surface area contributed by atoms with Gasteiger partial charge < -0.3 is 10.1 Å². The van der Waals surface area contributed by atoms with Crippen LogP contribution in [-0.4, -0.2) is 25.8 Å². The van der Waals surface area contributed by atoms with Crippen LogP contribution in [0, 0.1) is 11.3 Å². The van der Waals surface area contributed by atoms with Crippen molar-refractivity contribution >= 4 is 27.8 Å². The Balaban J connectivity index is 1.98. The molecular formula is C18H12N4O2. The topological polar surface area (TPSA) is 94.7 Å². The second kappa shape index (κ2) is 4.96. The van der Waals surface area contributed by atoms with E-state index in [4.69, 9.17) is 5.11 Å². The first kappa shape index (κ1) is 14.0. The third-order valence-corrected chi connectivity index (χ3v) is 4.01. The van der Waals surface area contributed by atoms with Crippen molar-refractivity contribution in [1.29, 1.82) is 5.26 Å². The molecule has 24 heavy (non-hydrogen) atoms. The van der Waals surface area contributed by atoms with E-state index < -0.39 is 5.97 Å². The molecule has 2 aromatic heterocycles. The van der Waals surface area contributed by atoms with Gasteiger partial charge in [-0.05, 0) is 35.9 Å². The zero-order valence-corrected chi connectivity index (χ0v) is 12.7. The van der Waals surface area contributed by atoms with Crippen molar-refractivity contribution in [3.8, 4) is 17.2 Å². The van der Waals surface area contributed by atoms with E-state index in [2.05, 4.69) is 16.2 Å². The first-order valence-electron chi connectivity index (χ1n) is 7.29. The summed E-state index contributed by atoms with van der Waals surface area (Å²) < 4.78 is 1.71. The minimum atomic E-state index is -0.994. The van der Waals surface area contributed by atoms with Gasteiger partial charge in [-0.2, -0.15) is 10.4 Å². The minimum Gasteiger partial charge on any atom is -0.477 e. The fourth-order valence-electron chi connectivity index (χ4n) is 2.95. The molecule has 6 heteroatoms. The first-order chi connectivity index (χ1) is 11.5. The molecule has 116 valence electrons. The predicted molar refractivity (Wildman–Crippen MR) is 89.7 cm³/mol. The molecule has 0 amide bonds. The molecule has 6 nitrogen and oxygen atoms in total. The van der Waals surface area contributed by atoms with Gasteiger partial charge in [0.05, 0.1) is 11.6 Å². The van der Waals surface area contributed by atoms with Crippen molar-refractivity contribution in [2.75, 3.05) is 0 Å². The summed E-state index contributed by atoms with van der Waals surface area (Å²) in [6.07, 6.45) is 1.87. The molecule has 0 spiro atoms. The second-order valence-electron chi connectivity index (χ2n) is 5.67. The lowest BCUT2D eigenvalue weighted by Crippen LogP contribution is -1.94. The van der Waals surface area contributed by atoms with Crippen LogP contribution >= 0.6 is 0 Å². The first-order valence-corrected chi connectivity index (χ1v) is 7.29. The summed E-state index contributed by atoms with van der Waals surface area (Å²) in [7, 11) is 1.84. The van der Waals surface area contributed by atoms with Gasteiger partial charge in [0.15, 0.2) is 0 Å². The summed E-state index contributed by atoms with van der Waals surface area (Å²) >= 11 is 0. The maximum Gasteiger partial charge on any atom is 0.352 e. The summed E-state index contributed by atoms with van der Waals surface area (Å²) in [6.45, 7) is 0. The fourth-order valence-corrected chi connectivity index (χ4v) is 2.95. The molecule has 0 aliphatic heterocycles. The van der Waals surface area contributed by atoms with Crippen LogP contribution < -0.4 is 0 Å². The lowest BCUT2D eigenvalue weighted by molar-refractivity contribution is 0.0691. The number of nitriles is 1. The number of nitrogens with zero attached hydrogens (tertiary/aromatic N) is 3. The molecule has 2 aromatic carbocycles. The summed E-state index contributed by atoms with van der Waals surface area (Å²) in [5.41, 5.74) is 4.01. The number of aryl methyl sites for hydroxylation is 1. The van der Waals surface area contributed by atoms with Crippen molar-refractivity contribution in [3.05, 3.63) is 53.9 Å². The molecule has 0 fully saturated rings. The largest absolute Gasteiger partial charge is 0.477 e. The standard InChI is InChI=1S/C18H12N4O2/c1-22-9-13-4-10(8-19)5-14(17(13)21-22)11-2-3-15-12(6-11)7-16(20-15)18(23)24/h2-7,9,20H,1H3,(H,23,24). The minimum absolute atomic E-state index is 0.149. The molecule has 0 unspecified atom stereocenters. The number of nitrogens with one attached hydrogen (secondary N) is 1. The molecule has 0 radical (unpaired) electrons. The van der Waals surface area contributed by atoms with E-state index in [-0.39, 0.29) is 5.69 Å². The SMILES string of the molecule is Cn1cc2cc(C#N)cc(-c3ccc4[nH]c(C(=O)O)cc4c3)c2n1. The fraction of sp³-hybridized carbons (Fsp3) is 0.0556. The van der Waals surface area contributed by atoms with Gasteiger partial charge in [-0.1, -0.05) is 6.07 Å². The van der Waals surface area contributed by atoms with Crippen LogP contribution in [0.1, 0.15) is 16.1 Å². The van der Waals surface area contributed by atoms with Gasteiger partial charge in [0, 0.05) is 35.1 Å². The van der Waals surface area contributed by atoms with Crippen molar-refractivity contribution in [3.63, 3.8) is 0 Å². The van der Waals surface area contributed by atoms with Crippen molar-refractivity contribution < 1.29 is 9.90 Å². The van der Waals surface area contributed by atoms with E-state index in [1.807, 2.05) is 37.5 Å². The van der Waals surface area contributed by atoms with Crippen LogP contribution in [0.3, 0.4) is 0 Å². The molecule has 4 rings (SSSR count). The summed E-state index contributed by atoms with van der Waals surface area (Å²) in [4.78, 5) is 14.0. The van der Waals surface area contributed by atoms with Crippen molar-refractivity contribution in [1.82, 2.24) is 14.8 Å². The highest BCUT2D eigenvalue weighted by Crippen LogP contribution is 2.31. The van der Waals surface area contributed by atoms with Gasteiger partial charge in [0.2, 0.25) is 0 Å². The van der Waals surface area contributed by atoms with Gasteiger partial charge in [-0.3, -0.25) is 4.68 Å². The average molecular weight is 316 g/mol. The number of aromatic amines is 1. The molecule has 0 atom stereocenters. The van der Waals surface area contributed by atoms with Gasteiger partial charge >= 0.3 is 5.97 Å². The number of carboxylic acid groups (broad SMARTS) is 1. The maximum absolute atomic E-state index is 11.1. The highest BCUT2D eigenvalue weighted by atomic mass is 16.4. The Morgan fingerprint density at radius 3 is 2.83 bits per heavy atom. The van der Waals surface area contributed by atoms with Gasteiger partial charge in [0.1, 0.15) is 11.2 Å². The normalized spacial score (nSPS) is 11.0. The van der Waals surface area contributed by atoms with Crippen molar-refractivity contribution in [2.45, 2.75) is 0 Å².